The maximum absolute atomic E-state index is 9.17. The van der Waals surface area contributed by atoms with E-state index in [4.69, 9.17) is 9.98 Å². The topological polar surface area (TPSA) is 71.0 Å². The summed E-state index contributed by atoms with van der Waals surface area (Å²) in [5.74, 6) is 0.722. The molecule has 3 heterocycles. The summed E-state index contributed by atoms with van der Waals surface area (Å²) in [5, 5.41) is 13.9. The van der Waals surface area contributed by atoms with E-state index in [9.17, 15) is 5.41 Å². The molecule has 0 saturated heterocycles. The van der Waals surface area contributed by atoms with Gasteiger partial charge in [0.15, 0.2) is 11.7 Å². The zero-order valence-electron chi connectivity index (χ0n) is 29.8. The van der Waals surface area contributed by atoms with Gasteiger partial charge in [-0.2, -0.15) is 0 Å². The van der Waals surface area contributed by atoms with E-state index >= 15 is 0 Å². The Morgan fingerprint density at radius 2 is 0.982 bits per heavy atom. The second-order valence-corrected chi connectivity index (χ2v) is 13.6. The van der Waals surface area contributed by atoms with Crippen LogP contribution in [0.5, 0.6) is 0 Å². The predicted molar refractivity (Wildman–Crippen MR) is 228 cm³/mol. The number of hydrogen-bond acceptors (Lipinski definition) is 2. The summed E-state index contributed by atoms with van der Waals surface area (Å²) in [6, 6.07) is 66.4. The van der Waals surface area contributed by atoms with E-state index in [1.807, 2.05) is 91.0 Å². The van der Waals surface area contributed by atoms with Gasteiger partial charge in [0, 0.05) is 49.5 Å². The molecule has 6 nitrogen and oxygen atoms in total. The fourth-order valence-electron chi connectivity index (χ4n) is 7.62. The van der Waals surface area contributed by atoms with Crippen LogP contribution in [0.3, 0.4) is 0 Å². The van der Waals surface area contributed by atoms with Crippen LogP contribution >= 0.6 is 0 Å². The molecule has 0 bridgehead atoms. The van der Waals surface area contributed by atoms with E-state index in [2.05, 4.69) is 118 Å². The van der Waals surface area contributed by atoms with Crippen molar-refractivity contribution in [1.82, 2.24) is 14.2 Å². The minimum Gasteiger partial charge on any atom is -0.309 e. The van der Waals surface area contributed by atoms with Gasteiger partial charge in [-0.3, -0.25) is 15.5 Å². The van der Waals surface area contributed by atoms with Crippen molar-refractivity contribution in [3.05, 3.63) is 205 Å². The quantitative estimate of drug-likeness (QED) is 0.133. The average molecular weight is 707 g/mol. The summed E-state index contributed by atoms with van der Waals surface area (Å²) in [6.45, 7) is 0. The first-order valence-corrected chi connectivity index (χ1v) is 18.3. The normalized spacial score (nSPS) is 11.8. The highest BCUT2D eigenvalue weighted by Crippen LogP contribution is 2.35. The molecule has 2 N–H and O–H groups in total. The number of hydrogen-bond donors (Lipinski definition) is 2. The fraction of sp³-hybridized carbons (Fsp3) is 0. The Morgan fingerprint density at radius 1 is 0.455 bits per heavy atom. The molecule has 3 aromatic heterocycles. The number of nitrogens with zero attached hydrogens (tertiary/aromatic N) is 4. The lowest BCUT2D eigenvalue weighted by atomic mass is 10.1. The molecule has 0 spiro atoms. The monoisotopic (exact) mass is 706 g/mol. The Labute approximate surface area is 317 Å². The van der Waals surface area contributed by atoms with Gasteiger partial charge in [0.1, 0.15) is 0 Å². The maximum atomic E-state index is 9.17. The van der Waals surface area contributed by atoms with Crippen LogP contribution in [0.2, 0.25) is 0 Å². The second kappa shape index (κ2) is 13.4. The fourth-order valence-corrected chi connectivity index (χ4v) is 7.62. The van der Waals surface area contributed by atoms with Gasteiger partial charge in [-0.15, -0.1) is 0 Å². The third-order valence-corrected chi connectivity index (χ3v) is 10.3. The summed E-state index contributed by atoms with van der Waals surface area (Å²) in [6.07, 6.45) is 0. The van der Waals surface area contributed by atoms with E-state index in [0.29, 0.717) is 11.4 Å². The predicted octanol–water partition coefficient (Wildman–Crippen LogP) is 11.6. The largest absolute Gasteiger partial charge is 0.309 e. The zero-order valence-corrected chi connectivity index (χ0v) is 29.8. The first kappa shape index (κ1) is 32.1. The lowest BCUT2D eigenvalue weighted by Crippen LogP contribution is -2.25. The first-order chi connectivity index (χ1) is 27.2. The van der Waals surface area contributed by atoms with Crippen LogP contribution in [-0.4, -0.2) is 25.9 Å². The molecule has 0 atom stereocenters. The molecular weight excluding hydrogens is 673 g/mol. The van der Waals surface area contributed by atoms with E-state index in [-0.39, 0.29) is 5.84 Å². The number of para-hydroxylation sites is 3. The molecule has 0 fully saturated rings. The molecule has 0 aliphatic heterocycles. The molecular formula is C49H34N6. The van der Waals surface area contributed by atoms with Gasteiger partial charge in [-0.25, -0.2) is 9.98 Å². The highest BCUT2D eigenvalue weighted by atomic mass is 15.4. The molecule has 260 valence electrons. The summed E-state index contributed by atoms with van der Waals surface area (Å²) in [4.78, 5) is 9.85. The summed E-state index contributed by atoms with van der Waals surface area (Å²) in [5.41, 5.74) is 14.5. The molecule has 0 unspecified atom stereocenters. The van der Waals surface area contributed by atoms with Gasteiger partial charge in [0.05, 0.1) is 33.5 Å². The molecule has 0 aliphatic carbocycles. The Balaban J connectivity index is 1.03. The Morgan fingerprint density at radius 3 is 1.64 bits per heavy atom. The van der Waals surface area contributed by atoms with Crippen LogP contribution in [0.1, 0.15) is 11.1 Å². The van der Waals surface area contributed by atoms with Crippen molar-refractivity contribution in [3.63, 3.8) is 0 Å². The molecule has 0 amide bonds. The Bertz CT molecular complexity index is 3010. The summed E-state index contributed by atoms with van der Waals surface area (Å²) < 4.78 is 4.44. The van der Waals surface area contributed by atoms with Crippen molar-refractivity contribution in [2.24, 2.45) is 4.99 Å². The summed E-state index contributed by atoms with van der Waals surface area (Å²) in [7, 11) is 0. The minimum absolute atomic E-state index is 0.151. The number of aromatic nitrogens is 3. The first-order valence-electron chi connectivity index (χ1n) is 18.3. The number of pyridine rings is 1. The molecule has 0 saturated carbocycles. The average Bonchev–Trinajstić information content (AvgIpc) is 3.76. The minimum atomic E-state index is 0.151. The lowest BCUT2D eigenvalue weighted by Gasteiger charge is -2.15. The number of fused-ring (bicyclic) bond motifs is 6. The van der Waals surface area contributed by atoms with Crippen LogP contribution in [0.4, 0.5) is 0 Å². The smallest absolute Gasteiger partial charge is 0.154 e. The SMILES string of the molecule is N=C(/N=C(\Nn1c2ccccc2c2cc(-n3c4ccccc4c4ccccc43)ccc21)c1ccccc1)c1ccc(-c2cccc(-c3ccccc3)n2)cc1. The maximum Gasteiger partial charge on any atom is 0.154 e. The lowest BCUT2D eigenvalue weighted by molar-refractivity contribution is 1.08. The standard InChI is InChI=1S/C49H34N6/c50-48(35-28-26-34(27-29-35)43-22-13-21-42(51-43)33-14-3-1-4-15-33)52-49(36-16-5-2-6-17-36)53-55-46-25-12-9-20-40(46)41-32-37(30-31-47(41)55)54-44-23-10-7-18-38(44)39-19-8-11-24-45(39)54/h1-32H,(H2,50,52,53). The molecule has 55 heavy (non-hydrogen) atoms. The Kier molecular flexibility index (Phi) is 7.85. The van der Waals surface area contributed by atoms with Crippen LogP contribution in [0, 0.1) is 5.41 Å². The van der Waals surface area contributed by atoms with Crippen molar-refractivity contribution < 1.29 is 0 Å². The number of nitrogens with one attached hydrogen (secondary N) is 2. The molecule has 10 rings (SSSR count). The van der Waals surface area contributed by atoms with Crippen molar-refractivity contribution in [3.8, 4) is 28.2 Å². The van der Waals surface area contributed by atoms with Crippen molar-refractivity contribution in [2.75, 3.05) is 5.43 Å². The van der Waals surface area contributed by atoms with Crippen LogP contribution in [0.25, 0.3) is 71.8 Å². The van der Waals surface area contributed by atoms with Crippen LogP contribution in [-0.2, 0) is 0 Å². The summed E-state index contributed by atoms with van der Waals surface area (Å²) >= 11 is 0. The molecule has 0 aliphatic rings. The van der Waals surface area contributed by atoms with Gasteiger partial charge in [-0.05, 0) is 48.5 Å². The third kappa shape index (κ3) is 5.73. The van der Waals surface area contributed by atoms with E-state index in [0.717, 1.165) is 55.6 Å². The second-order valence-electron chi connectivity index (χ2n) is 13.6. The highest BCUT2D eigenvalue weighted by molar-refractivity contribution is 6.16. The van der Waals surface area contributed by atoms with Crippen LogP contribution in [0.15, 0.2) is 199 Å². The van der Waals surface area contributed by atoms with E-state index in [1.54, 1.807) is 0 Å². The van der Waals surface area contributed by atoms with Crippen molar-refractivity contribution >= 4 is 55.3 Å². The molecule has 6 heteroatoms. The van der Waals surface area contributed by atoms with Crippen LogP contribution < -0.4 is 5.43 Å². The number of benzene rings is 7. The van der Waals surface area contributed by atoms with Gasteiger partial charge >= 0.3 is 0 Å². The zero-order chi connectivity index (χ0) is 36.7. The van der Waals surface area contributed by atoms with Gasteiger partial charge in [0.2, 0.25) is 0 Å². The van der Waals surface area contributed by atoms with E-state index < -0.39 is 0 Å². The molecule has 0 radical (unpaired) electrons. The van der Waals surface area contributed by atoms with Crippen molar-refractivity contribution in [2.45, 2.75) is 0 Å². The molecule has 10 aromatic rings. The van der Waals surface area contributed by atoms with E-state index in [1.165, 1.54) is 21.8 Å². The number of amidine groups is 2. The highest BCUT2D eigenvalue weighted by Gasteiger charge is 2.17. The van der Waals surface area contributed by atoms with Gasteiger partial charge in [-0.1, -0.05) is 146 Å². The van der Waals surface area contributed by atoms with Gasteiger partial charge in [0.25, 0.3) is 0 Å². The Hall–Kier alpha value is -7.57. The third-order valence-electron chi connectivity index (χ3n) is 10.3. The number of rotatable bonds is 6. The molecule has 7 aromatic carbocycles. The number of aliphatic imine (C=N–C) groups is 1. The van der Waals surface area contributed by atoms with Crippen molar-refractivity contribution in [1.29, 1.82) is 5.41 Å². The van der Waals surface area contributed by atoms with Gasteiger partial charge < -0.3 is 4.57 Å².